The van der Waals surface area contributed by atoms with Crippen LogP contribution in [-0.2, 0) is 0 Å². The van der Waals surface area contributed by atoms with Gasteiger partial charge in [0.2, 0.25) is 0 Å². The zero-order valence-electron chi connectivity index (χ0n) is 12.1. The molecule has 2 N–H and O–H groups in total. The maximum Gasteiger partial charge on any atom is 0.271 e. The topological polar surface area (TPSA) is 89.5 Å². The number of carbonyl (C=O) groups is 1. The molecule has 6 nitrogen and oxygen atoms in total. The molecular weight excluding hydrogens is 294 g/mol. The Labute approximate surface area is 128 Å². The molecule has 0 aliphatic carbocycles. The number of carbonyl (C=O) groups excluding carboxylic acids is 1. The third kappa shape index (κ3) is 3.26. The molecule has 0 bridgehead atoms. The van der Waals surface area contributed by atoms with Crippen molar-refractivity contribution in [1.82, 2.24) is 4.90 Å². The minimum absolute atomic E-state index is 0.0313. The van der Waals surface area contributed by atoms with E-state index in [4.69, 9.17) is 17.3 Å². The SMILES string of the molecule is CC1(C)CCCN(C(=O)c2cc([N+](=O)[O-])cc(Cl)c2N)C1. The molecule has 1 saturated heterocycles. The van der Waals surface area contributed by atoms with Crippen LogP contribution in [0.5, 0.6) is 0 Å². The van der Waals surface area contributed by atoms with Crippen molar-refractivity contribution in [3.63, 3.8) is 0 Å². The fourth-order valence-corrected chi connectivity index (χ4v) is 2.87. The van der Waals surface area contributed by atoms with Crippen molar-refractivity contribution < 1.29 is 9.72 Å². The van der Waals surface area contributed by atoms with Crippen LogP contribution in [0.15, 0.2) is 12.1 Å². The molecule has 1 amide bonds. The van der Waals surface area contributed by atoms with Gasteiger partial charge >= 0.3 is 0 Å². The molecule has 1 aliphatic rings. The van der Waals surface area contributed by atoms with Gasteiger partial charge in [-0.2, -0.15) is 0 Å². The highest BCUT2D eigenvalue weighted by atomic mass is 35.5. The average molecular weight is 312 g/mol. The van der Waals surface area contributed by atoms with Crippen LogP contribution in [0.3, 0.4) is 0 Å². The van der Waals surface area contributed by atoms with Crippen LogP contribution in [-0.4, -0.2) is 28.8 Å². The van der Waals surface area contributed by atoms with E-state index in [0.717, 1.165) is 18.9 Å². The molecule has 0 spiro atoms. The summed E-state index contributed by atoms with van der Waals surface area (Å²) < 4.78 is 0. The Balaban J connectivity index is 2.36. The second-order valence-corrected chi connectivity index (χ2v) is 6.55. The number of likely N-dealkylation sites (tertiary alicyclic amines) is 1. The first kappa shape index (κ1) is 15.6. The molecule has 1 aliphatic heterocycles. The Bertz CT molecular complexity index is 601. The Morgan fingerprint density at radius 3 is 2.71 bits per heavy atom. The van der Waals surface area contributed by atoms with Gasteiger partial charge in [-0.25, -0.2) is 0 Å². The highest BCUT2D eigenvalue weighted by Gasteiger charge is 2.31. The van der Waals surface area contributed by atoms with Crippen LogP contribution in [0.25, 0.3) is 0 Å². The molecule has 0 saturated carbocycles. The van der Waals surface area contributed by atoms with Gasteiger partial charge in [0, 0.05) is 25.2 Å². The van der Waals surface area contributed by atoms with Crippen LogP contribution < -0.4 is 5.73 Å². The van der Waals surface area contributed by atoms with E-state index in [1.807, 2.05) is 0 Å². The Kier molecular flexibility index (Phi) is 4.09. The number of piperidine rings is 1. The maximum absolute atomic E-state index is 12.6. The lowest BCUT2D eigenvalue weighted by atomic mass is 9.84. The van der Waals surface area contributed by atoms with Crippen molar-refractivity contribution in [2.75, 3.05) is 18.8 Å². The van der Waals surface area contributed by atoms with Gasteiger partial charge in [-0.15, -0.1) is 0 Å². The molecule has 1 aromatic carbocycles. The number of nitrogen functional groups attached to an aromatic ring is 1. The summed E-state index contributed by atoms with van der Waals surface area (Å²) in [5, 5.41) is 10.9. The van der Waals surface area contributed by atoms with Gasteiger partial charge in [-0.3, -0.25) is 14.9 Å². The van der Waals surface area contributed by atoms with Crippen molar-refractivity contribution in [3.8, 4) is 0 Å². The molecule has 0 aromatic heterocycles. The quantitative estimate of drug-likeness (QED) is 0.516. The first-order valence-electron chi connectivity index (χ1n) is 6.74. The van der Waals surface area contributed by atoms with Gasteiger partial charge in [0.15, 0.2) is 0 Å². The number of nitrogens with two attached hydrogens (primary N) is 1. The Hall–Kier alpha value is -1.82. The molecule has 7 heteroatoms. The van der Waals surface area contributed by atoms with Crippen molar-refractivity contribution in [2.45, 2.75) is 26.7 Å². The number of halogens is 1. The summed E-state index contributed by atoms with van der Waals surface area (Å²) in [4.78, 5) is 24.6. The molecular formula is C14H18ClN3O3. The number of nitrogens with zero attached hydrogens (tertiary/aromatic N) is 2. The number of non-ortho nitro benzene ring substituents is 1. The summed E-state index contributed by atoms with van der Waals surface area (Å²) in [6.45, 7) is 5.42. The highest BCUT2D eigenvalue weighted by molar-refractivity contribution is 6.34. The van der Waals surface area contributed by atoms with Crippen LogP contribution in [0.1, 0.15) is 37.0 Å². The lowest BCUT2D eigenvalue weighted by Crippen LogP contribution is -2.43. The zero-order valence-corrected chi connectivity index (χ0v) is 12.8. The van der Waals surface area contributed by atoms with Crippen molar-refractivity contribution in [3.05, 3.63) is 32.8 Å². The number of amides is 1. The van der Waals surface area contributed by atoms with E-state index in [9.17, 15) is 14.9 Å². The normalized spacial score (nSPS) is 17.6. The van der Waals surface area contributed by atoms with Crippen LogP contribution >= 0.6 is 11.6 Å². The molecule has 21 heavy (non-hydrogen) atoms. The van der Waals surface area contributed by atoms with Gasteiger partial charge < -0.3 is 10.6 Å². The zero-order chi connectivity index (χ0) is 15.8. The number of hydrogen-bond donors (Lipinski definition) is 1. The Morgan fingerprint density at radius 2 is 2.14 bits per heavy atom. The molecule has 1 heterocycles. The summed E-state index contributed by atoms with van der Waals surface area (Å²) >= 11 is 5.90. The van der Waals surface area contributed by atoms with Crippen molar-refractivity contribution in [1.29, 1.82) is 0 Å². The van der Waals surface area contributed by atoms with E-state index in [2.05, 4.69) is 13.8 Å². The number of anilines is 1. The highest BCUT2D eigenvalue weighted by Crippen LogP contribution is 2.33. The predicted octanol–water partition coefficient (Wildman–Crippen LogP) is 3.09. The van der Waals surface area contributed by atoms with Crippen LogP contribution in [0, 0.1) is 15.5 Å². The first-order chi connectivity index (χ1) is 9.71. The molecule has 1 fully saturated rings. The monoisotopic (exact) mass is 311 g/mol. The first-order valence-corrected chi connectivity index (χ1v) is 7.12. The maximum atomic E-state index is 12.6. The fraction of sp³-hybridized carbons (Fsp3) is 0.500. The second kappa shape index (κ2) is 5.52. The summed E-state index contributed by atoms with van der Waals surface area (Å²) in [6.07, 6.45) is 1.95. The summed E-state index contributed by atoms with van der Waals surface area (Å²) in [7, 11) is 0. The number of nitro benzene ring substituents is 1. The average Bonchev–Trinajstić information content (AvgIpc) is 2.39. The summed E-state index contributed by atoms with van der Waals surface area (Å²) in [5.41, 5.74) is 5.83. The summed E-state index contributed by atoms with van der Waals surface area (Å²) in [6, 6.07) is 2.36. The second-order valence-electron chi connectivity index (χ2n) is 6.14. The Morgan fingerprint density at radius 1 is 1.48 bits per heavy atom. The van der Waals surface area contributed by atoms with Crippen LogP contribution in [0.4, 0.5) is 11.4 Å². The third-order valence-corrected chi connectivity index (χ3v) is 4.06. The molecule has 1 aromatic rings. The number of hydrogen-bond acceptors (Lipinski definition) is 4. The van der Waals surface area contributed by atoms with Crippen LogP contribution in [0.2, 0.25) is 5.02 Å². The van der Waals surface area contributed by atoms with E-state index in [-0.39, 0.29) is 33.3 Å². The van der Waals surface area contributed by atoms with Gasteiger partial charge in [0.1, 0.15) is 0 Å². The molecule has 0 radical (unpaired) electrons. The predicted molar refractivity (Wildman–Crippen MR) is 81.4 cm³/mol. The smallest absolute Gasteiger partial charge is 0.271 e. The fourth-order valence-electron chi connectivity index (χ4n) is 2.65. The lowest BCUT2D eigenvalue weighted by Gasteiger charge is -2.38. The van der Waals surface area contributed by atoms with E-state index in [1.165, 1.54) is 6.07 Å². The summed E-state index contributed by atoms with van der Waals surface area (Å²) in [5.74, 6) is -0.300. The number of nitro groups is 1. The van der Waals surface area contributed by atoms with E-state index < -0.39 is 4.92 Å². The lowest BCUT2D eigenvalue weighted by molar-refractivity contribution is -0.384. The minimum atomic E-state index is -0.581. The molecule has 2 rings (SSSR count). The van der Waals surface area contributed by atoms with Gasteiger partial charge in [0.05, 0.1) is 21.2 Å². The standard InChI is InChI=1S/C14H18ClN3O3/c1-14(2)4-3-5-17(8-14)13(19)10-6-9(18(20)21)7-11(15)12(10)16/h6-7H,3-5,8,16H2,1-2H3. The van der Waals surface area contributed by atoms with E-state index in [1.54, 1.807) is 4.90 Å². The largest absolute Gasteiger partial charge is 0.397 e. The van der Waals surface area contributed by atoms with Gasteiger partial charge in [-0.05, 0) is 18.3 Å². The van der Waals surface area contributed by atoms with Crippen molar-refractivity contribution in [2.24, 2.45) is 5.41 Å². The van der Waals surface area contributed by atoms with Gasteiger partial charge in [-0.1, -0.05) is 25.4 Å². The number of benzene rings is 1. The third-order valence-electron chi connectivity index (χ3n) is 3.74. The van der Waals surface area contributed by atoms with Gasteiger partial charge in [0.25, 0.3) is 11.6 Å². The van der Waals surface area contributed by atoms with E-state index in [0.29, 0.717) is 13.1 Å². The molecule has 0 unspecified atom stereocenters. The molecule has 0 atom stereocenters. The van der Waals surface area contributed by atoms with Crippen molar-refractivity contribution >= 4 is 28.9 Å². The minimum Gasteiger partial charge on any atom is -0.397 e. The van der Waals surface area contributed by atoms with E-state index >= 15 is 0 Å². The molecule has 114 valence electrons. The number of rotatable bonds is 2.